The molecule has 0 spiro atoms. The summed E-state index contributed by atoms with van der Waals surface area (Å²) in [6.07, 6.45) is 6.97. The topological polar surface area (TPSA) is 132 Å². The van der Waals surface area contributed by atoms with Crippen LogP contribution in [0, 0.1) is 0 Å². The number of rotatable bonds is 7. The lowest BCUT2D eigenvalue weighted by Gasteiger charge is -2.29. The number of carbonyl (C=O) groups is 1. The first kappa shape index (κ1) is 22.4. The highest BCUT2D eigenvalue weighted by Crippen LogP contribution is 2.26. The summed E-state index contributed by atoms with van der Waals surface area (Å²) in [7, 11) is 1.80. The molecule has 0 saturated heterocycles. The number of aryl methyl sites for hydroxylation is 1. The van der Waals surface area contributed by atoms with Crippen molar-refractivity contribution in [2.24, 2.45) is 7.05 Å². The lowest BCUT2D eigenvalue weighted by molar-refractivity contribution is 0.243. The maximum atomic E-state index is 12.5. The van der Waals surface area contributed by atoms with Crippen LogP contribution in [0.15, 0.2) is 42.7 Å². The number of carbonyl (C=O) groups excluding carboxylic acids is 1. The first-order chi connectivity index (χ1) is 16.0. The molecule has 0 atom stereocenters. The average molecular weight is 451 g/mol. The van der Waals surface area contributed by atoms with Crippen LogP contribution in [0.1, 0.15) is 32.6 Å². The predicted octanol–water partition coefficient (Wildman–Crippen LogP) is 3.40. The number of nitrogens with zero attached hydrogens (tertiary/aromatic N) is 4. The molecular formula is C23H30N8O2. The van der Waals surface area contributed by atoms with E-state index in [-0.39, 0.29) is 18.1 Å². The summed E-state index contributed by atoms with van der Waals surface area (Å²) in [6, 6.07) is 9.39. The van der Waals surface area contributed by atoms with Crippen molar-refractivity contribution in [3.8, 4) is 17.0 Å². The van der Waals surface area contributed by atoms with Crippen molar-refractivity contribution in [2.45, 2.75) is 44.7 Å². The summed E-state index contributed by atoms with van der Waals surface area (Å²) in [5.74, 6) is 1.80. The minimum atomic E-state index is -0.219. The molecule has 33 heavy (non-hydrogen) atoms. The third-order valence-electron chi connectivity index (χ3n) is 5.75. The number of para-hydroxylation sites is 2. The Labute approximate surface area is 193 Å². The van der Waals surface area contributed by atoms with Crippen LogP contribution in [-0.4, -0.2) is 44.5 Å². The van der Waals surface area contributed by atoms with Crippen molar-refractivity contribution >= 4 is 23.5 Å². The second-order valence-corrected chi connectivity index (χ2v) is 8.05. The van der Waals surface area contributed by atoms with E-state index in [0.29, 0.717) is 29.8 Å². The van der Waals surface area contributed by atoms with Crippen LogP contribution in [-0.2, 0) is 7.05 Å². The molecule has 0 aliphatic heterocycles. The van der Waals surface area contributed by atoms with Gasteiger partial charge in [0, 0.05) is 25.3 Å². The molecule has 0 bridgehead atoms. The third kappa shape index (κ3) is 5.51. The smallest absolute Gasteiger partial charge is 0.319 e. The van der Waals surface area contributed by atoms with Crippen LogP contribution >= 0.6 is 0 Å². The fraction of sp³-hybridized carbons (Fsp3) is 0.391. The van der Waals surface area contributed by atoms with E-state index < -0.39 is 0 Å². The summed E-state index contributed by atoms with van der Waals surface area (Å²) in [6.45, 7) is 2.46. The van der Waals surface area contributed by atoms with Gasteiger partial charge < -0.3 is 26.4 Å². The van der Waals surface area contributed by atoms with E-state index in [2.05, 4.69) is 31.0 Å². The molecule has 0 radical (unpaired) electrons. The lowest BCUT2D eigenvalue weighted by atomic mass is 9.91. The zero-order chi connectivity index (χ0) is 23.2. The maximum absolute atomic E-state index is 12.5. The molecule has 10 nitrogen and oxygen atoms in total. The van der Waals surface area contributed by atoms with E-state index in [9.17, 15) is 4.79 Å². The van der Waals surface area contributed by atoms with Gasteiger partial charge in [0.1, 0.15) is 11.6 Å². The maximum Gasteiger partial charge on any atom is 0.319 e. The third-order valence-corrected chi connectivity index (χ3v) is 5.75. The van der Waals surface area contributed by atoms with Gasteiger partial charge in [0.25, 0.3) is 0 Å². The lowest BCUT2D eigenvalue weighted by Crippen LogP contribution is -2.42. The van der Waals surface area contributed by atoms with Gasteiger partial charge in [-0.1, -0.05) is 12.1 Å². The Bertz CT molecular complexity index is 1090. The fourth-order valence-electron chi connectivity index (χ4n) is 3.98. The molecule has 1 aliphatic carbocycles. The summed E-state index contributed by atoms with van der Waals surface area (Å²) >= 11 is 0. The van der Waals surface area contributed by atoms with E-state index in [4.69, 9.17) is 10.5 Å². The van der Waals surface area contributed by atoms with Gasteiger partial charge in [-0.2, -0.15) is 5.10 Å². The molecule has 174 valence electrons. The van der Waals surface area contributed by atoms with Gasteiger partial charge in [0.2, 0.25) is 5.95 Å². The van der Waals surface area contributed by atoms with Gasteiger partial charge in [-0.25, -0.2) is 14.8 Å². The number of nitrogen functional groups attached to an aromatic ring is 1. The zero-order valence-electron chi connectivity index (χ0n) is 18.9. The Hall–Kier alpha value is -3.82. The van der Waals surface area contributed by atoms with Gasteiger partial charge in [0.15, 0.2) is 0 Å². The molecule has 1 aromatic carbocycles. The molecule has 2 aromatic heterocycles. The summed E-state index contributed by atoms with van der Waals surface area (Å²) in [5, 5.41) is 13.6. The van der Waals surface area contributed by atoms with E-state index in [0.717, 1.165) is 36.9 Å². The quantitative estimate of drug-likeness (QED) is 0.434. The zero-order valence-corrected chi connectivity index (χ0v) is 18.9. The van der Waals surface area contributed by atoms with Crippen LogP contribution in [0.2, 0.25) is 0 Å². The van der Waals surface area contributed by atoms with Crippen LogP contribution in [0.25, 0.3) is 11.3 Å². The number of nitrogens with two attached hydrogens (primary N) is 1. The number of aromatic nitrogens is 4. The number of ether oxygens (including phenoxy) is 1. The molecule has 1 fully saturated rings. The van der Waals surface area contributed by atoms with Gasteiger partial charge in [-0.15, -0.1) is 0 Å². The number of hydrogen-bond acceptors (Lipinski definition) is 7. The van der Waals surface area contributed by atoms with Crippen LogP contribution in [0.3, 0.4) is 0 Å². The monoisotopic (exact) mass is 450 g/mol. The van der Waals surface area contributed by atoms with E-state index >= 15 is 0 Å². The normalized spacial score (nSPS) is 17.9. The molecule has 2 amide bonds. The Morgan fingerprint density at radius 3 is 2.67 bits per heavy atom. The van der Waals surface area contributed by atoms with Gasteiger partial charge in [0.05, 0.1) is 29.7 Å². The van der Waals surface area contributed by atoms with Crippen molar-refractivity contribution in [1.82, 2.24) is 25.1 Å². The van der Waals surface area contributed by atoms with Crippen molar-refractivity contribution in [1.29, 1.82) is 0 Å². The largest absolute Gasteiger partial charge is 0.492 e. The molecule has 1 saturated carbocycles. The Kier molecular flexibility index (Phi) is 6.92. The Balaban J connectivity index is 1.28. The SMILES string of the molecule is CCOc1ccccc1NC(=O)NC1CCC(Nc2nccc(-c3cnn(C)c3N)n2)CC1. The average Bonchev–Trinajstić information content (AvgIpc) is 3.15. The molecular weight excluding hydrogens is 420 g/mol. The van der Waals surface area contributed by atoms with E-state index in [1.807, 2.05) is 37.3 Å². The van der Waals surface area contributed by atoms with Crippen molar-refractivity contribution < 1.29 is 9.53 Å². The Morgan fingerprint density at radius 1 is 1.18 bits per heavy atom. The van der Waals surface area contributed by atoms with Crippen molar-refractivity contribution in [3.05, 3.63) is 42.7 Å². The second kappa shape index (κ2) is 10.2. The van der Waals surface area contributed by atoms with E-state index in [1.165, 1.54) is 0 Å². The second-order valence-electron chi connectivity index (χ2n) is 8.05. The van der Waals surface area contributed by atoms with Crippen LogP contribution in [0.5, 0.6) is 5.75 Å². The number of urea groups is 1. The Morgan fingerprint density at radius 2 is 1.94 bits per heavy atom. The van der Waals surface area contributed by atoms with Crippen LogP contribution < -0.4 is 26.4 Å². The molecule has 3 aromatic rings. The van der Waals surface area contributed by atoms with Crippen molar-refractivity contribution in [2.75, 3.05) is 23.0 Å². The molecule has 5 N–H and O–H groups in total. The highest BCUT2D eigenvalue weighted by Gasteiger charge is 2.23. The minimum absolute atomic E-state index is 0.116. The molecule has 10 heteroatoms. The fourth-order valence-corrected chi connectivity index (χ4v) is 3.98. The number of benzene rings is 1. The highest BCUT2D eigenvalue weighted by atomic mass is 16.5. The molecule has 0 unspecified atom stereocenters. The standard InChI is InChI=1S/C23H30N8O2/c1-3-33-20-7-5-4-6-19(20)30-23(32)28-16-10-8-15(9-11-16)27-22-25-13-12-18(29-22)17-14-26-31(2)21(17)24/h4-7,12-16H,3,8-11,24H2,1-2H3,(H,25,27,29)(H2,28,30,32). The summed E-state index contributed by atoms with van der Waals surface area (Å²) < 4.78 is 7.18. The molecule has 1 aliphatic rings. The number of anilines is 3. The predicted molar refractivity (Wildman–Crippen MR) is 128 cm³/mol. The summed E-state index contributed by atoms with van der Waals surface area (Å²) in [5.41, 5.74) is 8.25. The first-order valence-electron chi connectivity index (χ1n) is 11.2. The minimum Gasteiger partial charge on any atom is -0.492 e. The van der Waals surface area contributed by atoms with Crippen LogP contribution in [0.4, 0.5) is 22.2 Å². The van der Waals surface area contributed by atoms with Gasteiger partial charge in [-0.3, -0.25) is 4.68 Å². The molecule has 4 rings (SSSR count). The number of hydrogen-bond donors (Lipinski definition) is 4. The highest BCUT2D eigenvalue weighted by molar-refractivity contribution is 5.91. The molecule has 2 heterocycles. The van der Waals surface area contributed by atoms with Crippen molar-refractivity contribution in [3.63, 3.8) is 0 Å². The van der Waals surface area contributed by atoms with Gasteiger partial charge in [-0.05, 0) is 50.8 Å². The first-order valence-corrected chi connectivity index (χ1v) is 11.2. The van der Waals surface area contributed by atoms with Gasteiger partial charge >= 0.3 is 6.03 Å². The van der Waals surface area contributed by atoms with E-state index in [1.54, 1.807) is 24.1 Å². The summed E-state index contributed by atoms with van der Waals surface area (Å²) in [4.78, 5) is 21.4. The number of amides is 2. The number of nitrogens with one attached hydrogen (secondary N) is 3.